The lowest BCUT2D eigenvalue weighted by Crippen LogP contribution is -2.38. The summed E-state index contributed by atoms with van der Waals surface area (Å²) in [7, 11) is 2.12. The van der Waals surface area contributed by atoms with Crippen molar-refractivity contribution in [3.05, 3.63) is 22.8 Å². The maximum absolute atomic E-state index is 12.4. The molecule has 0 atom stereocenters. The summed E-state index contributed by atoms with van der Waals surface area (Å²) in [5, 5.41) is 0. The minimum absolute atomic E-state index is 0.217. The highest BCUT2D eigenvalue weighted by Crippen LogP contribution is 2.39. The highest BCUT2D eigenvalue weighted by molar-refractivity contribution is 5.70. The zero-order valence-corrected chi connectivity index (χ0v) is 15.4. The molecule has 0 spiro atoms. The zero-order chi connectivity index (χ0) is 17.5. The number of likely N-dealkylation sites (N-methyl/N-ethyl adjacent to an activating group) is 1. The molecule has 0 fully saturated rings. The largest absolute Gasteiger partial charge is 0.490 e. The van der Waals surface area contributed by atoms with E-state index in [0.717, 1.165) is 31.7 Å². The van der Waals surface area contributed by atoms with E-state index in [0.29, 0.717) is 13.1 Å². The third kappa shape index (κ3) is 3.30. The molecule has 24 heavy (non-hydrogen) atoms. The van der Waals surface area contributed by atoms with E-state index in [4.69, 9.17) is 9.47 Å². The first-order valence-corrected chi connectivity index (χ1v) is 8.73. The Bertz CT molecular complexity index is 649. The number of nitrogens with zero attached hydrogens (tertiary/aromatic N) is 2. The Morgan fingerprint density at radius 1 is 1.21 bits per heavy atom. The number of ether oxygens (including phenoxy) is 2. The van der Waals surface area contributed by atoms with Crippen molar-refractivity contribution in [2.45, 2.75) is 46.1 Å². The standard InChI is InChI=1S/C19H28N2O3/c1-13-15-7-9-21(18(22)24-19(2,3)4)8-6-14(15)12-16-17(13)20(5)10-11-23-16/h12H,6-11H2,1-5H3. The summed E-state index contributed by atoms with van der Waals surface area (Å²) in [5.74, 6) is 0.978. The number of carbonyl (C=O) groups is 1. The molecule has 1 aromatic carbocycles. The third-order valence-electron chi connectivity index (χ3n) is 4.73. The molecule has 1 aromatic rings. The number of hydrogen-bond acceptors (Lipinski definition) is 4. The van der Waals surface area contributed by atoms with Gasteiger partial charge in [0.05, 0.1) is 12.2 Å². The SMILES string of the molecule is Cc1c2c(cc3c1N(C)CCO3)CCN(C(=O)OC(C)(C)C)CC2. The minimum Gasteiger partial charge on any atom is -0.490 e. The molecular weight excluding hydrogens is 304 g/mol. The van der Waals surface area contributed by atoms with Crippen molar-refractivity contribution in [1.29, 1.82) is 0 Å². The van der Waals surface area contributed by atoms with Gasteiger partial charge in [-0.1, -0.05) is 0 Å². The van der Waals surface area contributed by atoms with Gasteiger partial charge in [-0.3, -0.25) is 0 Å². The fraction of sp³-hybridized carbons (Fsp3) is 0.632. The molecule has 132 valence electrons. The highest BCUT2D eigenvalue weighted by Gasteiger charge is 2.27. The Morgan fingerprint density at radius 2 is 1.92 bits per heavy atom. The van der Waals surface area contributed by atoms with E-state index in [1.165, 1.54) is 22.4 Å². The van der Waals surface area contributed by atoms with Crippen LogP contribution >= 0.6 is 0 Å². The molecule has 0 saturated carbocycles. The first kappa shape index (κ1) is 16.9. The Hall–Kier alpha value is -1.91. The van der Waals surface area contributed by atoms with Crippen molar-refractivity contribution < 1.29 is 14.3 Å². The first-order chi connectivity index (χ1) is 11.3. The third-order valence-corrected chi connectivity index (χ3v) is 4.73. The van der Waals surface area contributed by atoms with Gasteiger partial charge in [0.15, 0.2) is 0 Å². The Kier molecular flexibility index (Phi) is 4.37. The summed E-state index contributed by atoms with van der Waals surface area (Å²) in [6.45, 7) is 10.9. The molecule has 0 aliphatic carbocycles. The molecule has 0 bridgehead atoms. The van der Waals surface area contributed by atoms with E-state index in [1.54, 1.807) is 0 Å². The molecule has 2 aliphatic rings. The number of carbonyl (C=O) groups excluding carboxylic acids is 1. The van der Waals surface area contributed by atoms with E-state index < -0.39 is 5.60 Å². The number of amides is 1. The average Bonchev–Trinajstić information content (AvgIpc) is 2.68. The Labute approximate surface area is 144 Å². The maximum Gasteiger partial charge on any atom is 0.410 e. The molecule has 1 amide bonds. The van der Waals surface area contributed by atoms with Crippen LogP contribution in [0, 0.1) is 6.92 Å². The molecule has 0 aromatic heterocycles. The van der Waals surface area contributed by atoms with Crippen molar-refractivity contribution in [2.24, 2.45) is 0 Å². The van der Waals surface area contributed by atoms with Gasteiger partial charge in [0.1, 0.15) is 18.0 Å². The van der Waals surface area contributed by atoms with Crippen LogP contribution in [0.15, 0.2) is 6.07 Å². The van der Waals surface area contributed by atoms with E-state index in [1.807, 2.05) is 25.7 Å². The van der Waals surface area contributed by atoms with Crippen LogP contribution in [0.1, 0.15) is 37.5 Å². The van der Waals surface area contributed by atoms with Crippen LogP contribution in [0.2, 0.25) is 0 Å². The van der Waals surface area contributed by atoms with E-state index in [-0.39, 0.29) is 6.09 Å². The van der Waals surface area contributed by atoms with Gasteiger partial charge in [0.25, 0.3) is 0 Å². The predicted octanol–water partition coefficient (Wildman–Crippen LogP) is 3.16. The Balaban J connectivity index is 1.84. The number of anilines is 1. The molecule has 0 N–H and O–H groups in total. The van der Waals surface area contributed by atoms with Gasteiger partial charge in [-0.25, -0.2) is 4.79 Å². The number of benzene rings is 1. The summed E-state index contributed by atoms with van der Waals surface area (Å²) in [4.78, 5) is 16.5. The van der Waals surface area contributed by atoms with Gasteiger partial charge in [-0.2, -0.15) is 0 Å². The van der Waals surface area contributed by atoms with Gasteiger partial charge in [-0.05, 0) is 63.3 Å². The smallest absolute Gasteiger partial charge is 0.410 e. The quantitative estimate of drug-likeness (QED) is 0.732. The van der Waals surface area contributed by atoms with Crippen LogP contribution in [0.4, 0.5) is 10.5 Å². The second-order valence-corrected chi connectivity index (χ2v) is 7.72. The summed E-state index contributed by atoms with van der Waals surface area (Å²) in [6, 6.07) is 2.17. The lowest BCUT2D eigenvalue weighted by molar-refractivity contribution is 0.0258. The zero-order valence-electron chi connectivity index (χ0n) is 15.4. The topological polar surface area (TPSA) is 42.0 Å². The van der Waals surface area contributed by atoms with Crippen molar-refractivity contribution >= 4 is 11.8 Å². The molecule has 0 radical (unpaired) electrons. The molecule has 2 heterocycles. The molecule has 5 nitrogen and oxygen atoms in total. The monoisotopic (exact) mass is 332 g/mol. The fourth-order valence-electron chi connectivity index (χ4n) is 3.57. The molecule has 3 rings (SSSR count). The first-order valence-electron chi connectivity index (χ1n) is 8.73. The van der Waals surface area contributed by atoms with Crippen molar-refractivity contribution in [3.63, 3.8) is 0 Å². The van der Waals surface area contributed by atoms with Crippen LogP contribution in [0.5, 0.6) is 5.75 Å². The number of rotatable bonds is 0. The lowest BCUT2D eigenvalue weighted by Gasteiger charge is -2.31. The fourth-order valence-corrected chi connectivity index (χ4v) is 3.57. The van der Waals surface area contributed by atoms with Crippen LogP contribution in [-0.2, 0) is 17.6 Å². The molecular formula is C19H28N2O3. The van der Waals surface area contributed by atoms with Crippen LogP contribution in [0.3, 0.4) is 0 Å². The summed E-state index contributed by atoms with van der Waals surface area (Å²) in [5.41, 5.74) is 4.69. The van der Waals surface area contributed by atoms with Gasteiger partial charge < -0.3 is 19.3 Å². The maximum atomic E-state index is 12.4. The second-order valence-electron chi connectivity index (χ2n) is 7.72. The molecule has 5 heteroatoms. The van der Waals surface area contributed by atoms with Gasteiger partial charge in [0, 0.05) is 20.1 Å². The van der Waals surface area contributed by atoms with Crippen molar-refractivity contribution in [3.8, 4) is 5.75 Å². The Morgan fingerprint density at radius 3 is 2.62 bits per heavy atom. The lowest BCUT2D eigenvalue weighted by atomic mass is 9.95. The number of hydrogen-bond donors (Lipinski definition) is 0. The van der Waals surface area contributed by atoms with Crippen LogP contribution < -0.4 is 9.64 Å². The normalized spacial score (nSPS) is 17.5. The second kappa shape index (κ2) is 6.19. The summed E-state index contributed by atoms with van der Waals surface area (Å²) >= 11 is 0. The average molecular weight is 332 g/mol. The summed E-state index contributed by atoms with van der Waals surface area (Å²) < 4.78 is 11.4. The molecule has 0 unspecified atom stereocenters. The van der Waals surface area contributed by atoms with E-state index in [9.17, 15) is 4.79 Å². The van der Waals surface area contributed by atoms with Crippen LogP contribution in [-0.4, -0.2) is 49.9 Å². The van der Waals surface area contributed by atoms with Gasteiger partial charge in [0.2, 0.25) is 0 Å². The number of fused-ring (bicyclic) bond motifs is 2. The van der Waals surface area contributed by atoms with Gasteiger partial charge >= 0.3 is 6.09 Å². The predicted molar refractivity (Wildman–Crippen MR) is 95.2 cm³/mol. The van der Waals surface area contributed by atoms with Gasteiger partial charge in [-0.15, -0.1) is 0 Å². The minimum atomic E-state index is -0.457. The van der Waals surface area contributed by atoms with E-state index in [2.05, 4.69) is 24.9 Å². The summed E-state index contributed by atoms with van der Waals surface area (Å²) in [6.07, 6.45) is 1.49. The van der Waals surface area contributed by atoms with Crippen molar-refractivity contribution in [2.75, 3.05) is 38.2 Å². The van der Waals surface area contributed by atoms with Crippen LogP contribution in [0.25, 0.3) is 0 Å². The molecule has 2 aliphatic heterocycles. The molecule has 0 saturated heterocycles. The van der Waals surface area contributed by atoms with Crippen molar-refractivity contribution in [1.82, 2.24) is 4.90 Å². The van der Waals surface area contributed by atoms with E-state index >= 15 is 0 Å². The highest BCUT2D eigenvalue weighted by atomic mass is 16.6.